The fourth-order valence-corrected chi connectivity index (χ4v) is 2.85. The number of aryl methyl sites for hydroxylation is 1. The van der Waals surface area contributed by atoms with Gasteiger partial charge < -0.3 is 5.11 Å². The molecule has 2 rings (SSSR count). The summed E-state index contributed by atoms with van der Waals surface area (Å²) in [6, 6.07) is 6.39. The Hall–Kier alpha value is -0.780. The largest absolute Gasteiger partial charge is 0.382 e. The number of hydrogen-bond acceptors (Lipinski definition) is 2. The number of nitrogens with zero attached hydrogens (tertiary/aromatic N) is 1. The van der Waals surface area contributed by atoms with Gasteiger partial charge in [0.15, 0.2) is 0 Å². The lowest BCUT2D eigenvalue weighted by Crippen LogP contribution is -2.06. The zero-order valence-electron chi connectivity index (χ0n) is 9.49. The molecule has 1 atom stereocenters. The normalized spacial score (nSPS) is 12.5. The molecule has 0 aliphatic heterocycles. The van der Waals surface area contributed by atoms with Crippen LogP contribution < -0.4 is 0 Å². The van der Waals surface area contributed by atoms with Gasteiger partial charge in [0.1, 0.15) is 11.9 Å². The van der Waals surface area contributed by atoms with Crippen LogP contribution >= 0.6 is 31.9 Å². The summed E-state index contributed by atoms with van der Waals surface area (Å²) in [6.45, 7) is 1.85. The summed E-state index contributed by atoms with van der Waals surface area (Å²) < 4.78 is 15.1. The predicted octanol–water partition coefficient (Wildman–Crippen LogP) is 4.14. The topological polar surface area (TPSA) is 33.1 Å². The predicted molar refractivity (Wildman–Crippen MR) is 74.8 cm³/mol. The van der Waals surface area contributed by atoms with Gasteiger partial charge in [0.05, 0.1) is 5.69 Å². The summed E-state index contributed by atoms with van der Waals surface area (Å²) in [7, 11) is 0. The first-order valence-corrected chi connectivity index (χ1v) is 6.82. The molecule has 0 saturated heterocycles. The number of hydrogen-bond donors (Lipinski definition) is 1. The van der Waals surface area contributed by atoms with E-state index in [-0.39, 0.29) is 5.56 Å². The van der Waals surface area contributed by atoms with Gasteiger partial charge in [0, 0.05) is 20.7 Å². The summed E-state index contributed by atoms with van der Waals surface area (Å²) in [6.07, 6.45) is 0.476. The average molecular weight is 375 g/mol. The Kier molecular flexibility index (Phi) is 4.14. The van der Waals surface area contributed by atoms with Crippen molar-refractivity contribution in [3.63, 3.8) is 0 Å². The summed E-state index contributed by atoms with van der Waals surface area (Å²) in [4.78, 5) is 4.11. The zero-order chi connectivity index (χ0) is 13.3. The highest BCUT2D eigenvalue weighted by atomic mass is 79.9. The molecule has 1 N–H and O–H groups in total. The van der Waals surface area contributed by atoms with Gasteiger partial charge >= 0.3 is 0 Å². The van der Waals surface area contributed by atoms with E-state index in [0.29, 0.717) is 10.2 Å². The van der Waals surface area contributed by atoms with Gasteiger partial charge in [-0.3, -0.25) is 4.98 Å². The van der Waals surface area contributed by atoms with Crippen molar-refractivity contribution in [3.05, 3.63) is 62.0 Å². The Morgan fingerprint density at radius 3 is 2.67 bits per heavy atom. The van der Waals surface area contributed by atoms with E-state index >= 15 is 0 Å². The van der Waals surface area contributed by atoms with Crippen LogP contribution in [0.15, 0.2) is 39.4 Å². The number of pyridine rings is 1. The minimum atomic E-state index is -1.09. The number of aliphatic hydroxyl groups excluding tert-OH is 1. The Bertz CT molecular complexity index is 589. The third-order valence-electron chi connectivity index (χ3n) is 2.54. The van der Waals surface area contributed by atoms with Crippen LogP contribution in [-0.4, -0.2) is 10.1 Å². The molecule has 1 aromatic carbocycles. The highest BCUT2D eigenvalue weighted by Crippen LogP contribution is 2.30. The molecule has 0 fully saturated rings. The van der Waals surface area contributed by atoms with Gasteiger partial charge in [-0.15, -0.1) is 0 Å². The SMILES string of the molecule is Cc1ccc(F)c(C(O)c2ncc(Br)cc2Br)c1. The zero-order valence-corrected chi connectivity index (χ0v) is 12.7. The molecule has 0 aliphatic rings. The summed E-state index contributed by atoms with van der Waals surface area (Å²) in [5, 5.41) is 10.2. The maximum absolute atomic E-state index is 13.7. The van der Waals surface area contributed by atoms with Gasteiger partial charge in [0.25, 0.3) is 0 Å². The molecule has 1 heterocycles. The van der Waals surface area contributed by atoms with Crippen LogP contribution in [0.1, 0.15) is 22.9 Å². The maximum atomic E-state index is 13.7. The molecule has 2 aromatic rings. The fourth-order valence-electron chi connectivity index (χ4n) is 1.65. The van der Waals surface area contributed by atoms with Gasteiger partial charge in [-0.1, -0.05) is 17.7 Å². The number of halogens is 3. The molecule has 0 amide bonds. The molecule has 0 bridgehead atoms. The molecule has 0 saturated carbocycles. The first kappa shape index (κ1) is 13.6. The van der Waals surface area contributed by atoms with Crippen molar-refractivity contribution in [1.29, 1.82) is 0 Å². The highest BCUT2D eigenvalue weighted by Gasteiger charge is 2.19. The van der Waals surface area contributed by atoms with Gasteiger partial charge in [0.2, 0.25) is 0 Å². The lowest BCUT2D eigenvalue weighted by atomic mass is 10.0. The summed E-state index contributed by atoms with van der Waals surface area (Å²) >= 11 is 6.59. The molecular weight excluding hydrogens is 365 g/mol. The third-order valence-corrected chi connectivity index (χ3v) is 3.61. The highest BCUT2D eigenvalue weighted by molar-refractivity contribution is 9.11. The Balaban J connectivity index is 2.47. The van der Waals surface area contributed by atoms with Crippen LogP contribution in [0.5, 0.6) is 0 Å². The molecule has 0 radical (unpaired) electrons. The van der Waals surface area contributed by atoms with Crippen molar-refractivity contribution in [1.82, 2.24) is 4.98 Å². The second-order valence-corrected chi connectivity index (χ2v) is 5.72. The summed E-state index contributed by atoms with van der Waals surface area (Å²) in [5.41, 5.74) is 1.51. The van der Waals surface area contributed by atoms with Gasteiger partial charge in [-0.25, -0.2) is 4.39 Å². The van der Waals surface area contributed by atoms with E-state index in [0.717, 1.165) is 10.0 Å². The molecule has 18 heavy (non-hydrogen) atoms. The van der Waals surface area contributed by atoms with Gasteiger partial charge in [-0.2, -0.15) is 0 Å². The van der Waals surface area contributed by atoms with Crippen LogP contribution in [-0.2, 0) is 0 Å². The van der Waals surface area contributed by atoms with Crippen molar-refractivity contribution in [2.75, 3.05) is 0 Å². The van der Waals surface area contributed by atoms with Crippen LogP contribution in [0.4, 0.5) is 4.39 Å². The van der Waals surface area contributed by atoms with Crippen LogP contribution in [0, 0.1) is 12.7 Å². The van der Waals surface area contributed by atoms with E-state index in [2.05, 4.69) is 36.8 Å². The van der Waals surface area contributed by atoms with E-state index < -0.39 is 11.9 Å². The number of aliphatic hydroxyl groups is 1. The lowest BCUT2D eigenvalue weighted by molar-refractivity contribution is 0.209. The summed E-state index contributed by atoms with van der Waals surface area (Å²) in [5.74, 6) is -0.440. The van der Waals surface area contributed by atoms with Crippen molar-refractivity contribution in [2.45, 2.75) is 13.0 Å². The van der Waals surface area contributed by atoms with Crippen LogP contribution in [0.25, 0.3) is 0 Å². The first-order valence-electron chi connectivity index (χ1n) is 5.24. The van der Waals surface area contributed by atoms with Crippen LogP contribution in [0.2, 0.25) is 0 Å². The van der Waals surface area contributed by atoms with Gasteiger partial charge in [-0.05, 0) is 50.9 Å². The number of benzene rings is 1. The van der Waals surface area contributed by atoms with Crippen LogP contribution in [0.3, 0.4) is 0 Å². The van der Waals surface area contributed by atoms with E-state index in [1.54, 1.807) is 24.4 Å². The van der Waals surface area contributed by atoms with Crippen molar-refractivity contribution < 1.29 is 9.50 Å². The standard InChI is InChI=1S/C13H10Br2FNO/c1-7-2-3-11(16)9(4-7)13(18)12-10(15)5-8(14)6-17-12/h2-6,13,18H,1H3. The van der Waals surface area contributed by atoms with E-state index in [1.807, 2.05) is 6.92 Å². The second-order valence-electron chi connectivity index (χ2n) is 3.95. The Labute approximate surface area is 121 Å². The number of aromatic nitrogens is 1. The molecule has 1 unspecified atom stereocenters. The lowest BCUT2D eigenvalue weighted by Gasteiger charge is -2.14. The molecule has 94 valence electrons. The Morgan fingerprint density at radius 2 is 2.00 bits per heavy atom. The van der Waals surface area contributed by atoms with Crippen molar-refractivity contribution >= 4 is 31.9 Å². The quantitative estimate of drug-likeness (QED) is 0.857. The molecule has 2 nitrogen and oxygen atoms in total. The minimum absolute atomic E-state index is 0.227. The molecule has 0 spiro atoms. The van der Waals surface area contributed by atoms with E-state index in [4.69, 9.17) is 0 Å². The first-order chi connectivity index (χ1) is 8.49. The molecule has 1 aromatic heterocycles. The monoisotopic (exact) mass is 373 g/mol. The van der Waals surface area contributed by atoms with E-state index in [9.17, 15) is 9.50 Å². The number of rotatable bonds is 2. The molecular formula is C13H10Br2FNO. The fraction of sp³-hybridized carbons (Fsp3) is 0.154. The maximum Gasteiger partial charge on any atom is 0.129 e. The van der Waals surface area contributed by atoms with Crippen molar-refractivity contribution in [2.24, 2.45) is 0 Å². The Morgan fingerprint density at radius 1 is 1.28 bits per heavy atom. The van der Waals surface area contributed by atoms with Crippen molar-refractivity contribution in [3.8, 4) is 0 Å². The minimum Gasteiger partial charge on any atom is -0.382 e. The second kappa shape index (κ2) is 5.47. The average Bonchev–Trinajstić information content (AvgIpc) is 2.31. The smallest absolute Gasteiger partial charge is 0.129 e. The third kappa shape index (κ3) is 2.79. The molecule has 5 heteroatoms. The molecule has 0 aliphatic carbocycles. The van der Waals surface area contributed by atoms with E-state index in [1.165, 1.54) is 6.07 Å².